The summed E-state index contributed by atoms with van der Waals surface area (Å²) in [7, 11) is 3.75. The Kier molecular flexibility index (Phi) is 5.01. The van der Waals surface area contributed by atoms with E-state index in [1.54, 1.807) is 7.11 Å². The Hall–Kier alpha value is -1.02. The lowest BCUT2D eigenvalue weighted by atomic mass is 9.82. The van der Waals surface area contributed by atoms with Crippen molar-refractivity contribution in [1.29, 1.82) is 0 Å². The first-order valence-corrected chi connectivity index (χ1v) is 6.26. The van der Waals surface area contributed by atoms with Gasteiger partial charge in [0, 0.05) is 0 Å². The molecule has 0 aliphatic carbocycles. The van der Waals surface area contributed by atoms with Crippen LogP contribution >= 0.6 is 0 Å². The molecule has 0 amide bonds. The van der Waals surface area contributed by atoms with Crippen LogP contribution in [0.1, 0.15) is 31.4 Å². The molecule has 0 atom stereocenters. The van der Waals surface area contributed by atoms with E-state index >= 15 is 0 Å². The molecule has 0 aliphatic heterocycles. The number of aryl methyl sites for hydroxylation is 1. The summed E-state index contributed by atoms with van der Waals surface area (Å²) in [6.45, 7) is 7.81. The molecule has 0 aliphatic rings. The lowest BCUT2D eigenvalue weighted by Crippen LogP contribution is -2.22. The molecule has 0 heterocycles. The Morgan fingerprint density at radius 1 is 1.29 bits per heavy atom. The number of nitrogens with one attached hydrogen (secondary N) is 1. The third kappa shape index (κ3) is 4.39. The molecule has 0 spiro atoms. The fourth-order valence-electron chi connectivity index (χ4n) is 2.11. The van der Waals surface area contributed by atoms with E-state index < -0.39 is 0 Å². The fourth-order valence-corrected chi connectivity index (χ4v) is 2.11. The molecule has 2 heteroatoms. The van der Waals surface area contributed by atoms with Gasteiger partial charge in [0.1, 0.15) is 5.75 Å². The Morgan fingerprint density at radius 2 is 2.00 bits per heavy atom. The van der Waals surface area contributed by atoms with Gasteiger partial charge in [-0.25, -0.2) is 0 Å². The van der Waals surface area contributed by atoms with Crippen molar-refractivity contribution in [2.75, 3.05) is 20.7 Å². The van der Waals surface area contributed by atoms with E-state index in [1.807, 2.05) is 7.05 Å². The molecule has 1 N–H and O–H groups in total. The highest BCUT2D eigenvalue weighted by molar-refractivity contribution is 5.37. The second-order valence-corrected chi connectivity index (χ2v) is 5.51. The normalized spacial score (nSPS) is 11.6. The number of rotatable bonds is 6. The van der Waals surface area contributed by atoms with E-state index in [4.69, 9.17) is 4.74 Å². The van der Waals surface area contributed by atoms with Gasteiger partial charge in [0.25, 0.3) is 0 Å². The molecule has 0 saturated heterocycles. The largest absolute Gasteiger partial charge is 0.496 e. The molecule has 1 rings (SSSR count). The average Bonchev–Trinajstić information content (AvgIpc) is 2.26. The minimum atomic E-state index is 0.296. The Labute approximate surface area is 105 Å². The van der Waals surface area contributed by atoms with Gasteiger partial charge in [-0.05, 0) is 50.4 Å². The molecular formula is C15H25NO. The third-order valence-electron chi connectivity index (χ3n) is 3.16. The van der Waals surface area contributed by atoms with Crippen LogP contribution in [-0.2, 0) is 6.42 Å². The zero-order valence-corrected chi connectivity index (χ0v) is 11.8. The topological polar surface area (TPSA) is 21.3 Å². The van der Waals surface area contributed by atoms with Gasteiger partial charge in [-0.2, -0.15) is 0 Å². The molecule has 0 aromatic heterocycles. The Balaban J connectivity index is 2.82. The molecule has 96 valence electrons. The summed E-state index contributed by atoms with van der Waals surface area (Å²) in [5.74, 6) is 1.01. The van der Waals surface area contributed by atoms with E-state index in [0.717, 1.165) is 18.7 Å². The summed E-state index contributed by atoms with van der Waals surface area (Å²) in [6.07, 6.45) is 2.22. The van der Waals surface area contributed by atoms with E-state index in [2.05, 4.69) is 44.3 Å². The van der Waals surface area contributed by atoms with Gasteiger partial charge in [-0.3, -0.25) is 0 Å². The third-order valence-corrected chi connectivity index (χ3v) is 3.16. The minimum absolute atomic E-state index is 0.296. The zero-order chi connectivity index (χ0) is 12.9. The van der Waals surface area contributed by atoms with Crippen molar-refractivity contribution < 1.29 is 4.74 Å². The van der Waals surface area contributed by atoms with Crippen molar-refractivity contribution in [2.45, 2.75) is 33.6 Å². The van der Waals surface area contributed by atoms with Gasteiger partial charge >= 0.3 is 0 Å². The van der Waals surface area contributed by atoms with Gasteiger partial charge in [0.2, 0.25) is 0 Å². The van der Waals surface area contributed by atoms with E-state index in [9.17, 15) is 0 Å². The molecule has 0 unspecified atom stereocenters. The van der Waals surface area contributed by atoms with Crippen LogP contribution in [0, 0.1) is 12.3 Å². The van der Waals surface area contributed by atoms with Crippen LogP contribution in [0.2, 0.25) is 0 Å². The maximum atomic E-state index is 5.44. The maximum Gasteiger partial charge on any atom is 0.122 e. The standard InChI is InChI=1S/C15H25NO/c1-12-6-7-14(17-5)13(10-12)11-15(2,3)8-9-16-4/h6-7,10,16H,8-9,11H2,1-5H3. The van der Waals surface area contributed by atoms with E-state index in [1.165, 1.54) is 17.5 Å². The van der Waals surface area contributed by atoms with Gasteiger partial charge in [0.05, 0.1) is 7.11 Å². The van der Waals surface area contributed by atoms with Crippen LogP contribution in [0.15, 0.2) is 18.2 Å². The van der Waals surface area contributed by atoms with Crippen molar-refractivity contribution in [2.24, 2.45) is 5.41 Å². The first kappa shape index (κ1) is 14.0. The molecule has 2 nitrogen and oxygen atoms in total. The second kappa shape index (κ2) is 6.06. The van der Waals surface area contributed by atoms with Gasteiger partial charge in [-0.15, -0.1) is 0 Å². The van der Waals surface area contributed by atoms with Crippen molar-refractivity contribution in [3.05, 3.63) is 29.3 Å². The molecule has 0 radical (unpaired) electrons. The summed E-state index contributed by atoms with van der Waals surface area (Å²) in [5.41, 5.74) is 2.91. The molecule has 0 saturated carbocycles. The van der Waals surface area contributed by atoms with Crippen molar-refractivity contribution in [3.63, 3.8) is 0 Å². The molecule has 0 fully saturated rings. The molecular weight excluding hydrogens is 210 g/mol. The summed E-state index contributed by atoms with van der Waals surface area (Å²) < 4.78 is 5.44. The molecule has 17 heavy (non-hydrogen) atoms. The van der Waals surface area contributed by atoms with Crippen LogP contribution in [0.3, 0.4) is 0 Å². The van der Waals surface area contributed by atoms with E-state index in [0.29, 0.717) is 5.41 Å². The van der Waals surface area contributed by atoms with Crippen LogP contribution < -0.4 is 10.1 Å². The summed E-state index contributed by atoms with van der Waals surface area (Å²) in [4.78, 5) is 0. The first-order chi connectivity index (χ1) is 7.98. The lowest BCUT2D eigenvalue weighted by molar-refractivity contribution is 0.321. The average molecular weight is 235 g/mol. The highest BCUT2D eigenvalue weighted by Crippen LogP contribution is 2.30. The predicted octanol–water partition coefficient (Wildman–Crippen LogP) is 3.18. The second-order valence-electron chi connectivity index (χ2n) is 5.51. The summed E-state index contributed by atoms with van der Waals surface area (Å²) >= 11 is 0. The Bertz CT molecular complexity index is 358. The van der Waals surface area contributed by atoms with Crippen molar-refractivity contribution >= 4 is 0 Å². The summed E-state index contributed by atoms with van der Waals surface area (Å²) in [6, 6.07) is 6.40. The number of hydrogen-bond donors (Lipinski definition) is 1. The van der Waals surface area contributed by atoms with E-state index in [-0.39, 0.29) is 0 Å². The number of hydrogen-bond acceptors (Lipinski definition) is 2. The zero-order valence-electron chi connectivity index (χ0n) is 11.8. The quantitative estimate of drug-likeness (QED) is 0.817. The van der Waals surface area contributed by atoms with Crippen LogP contribution in [-0.4, -0.2) is 20.7 Å². The number of benzene rings is 1. The van der Waals surface area contributed by atoms with Gasteiger partial charge < -0.3 is 10.1 Å². The van der Waals surface area contributed by atoms with Crippen molar-refractivity contribution in [3.8, 4) is 5.75 Å². The highest BCUT2D eigenvalue weighted by Gasteiger charge is 2.19. The SMILES string of the molecule is CNCCC(C)(C)Cc1cc(C)ccc1OC. The van der Waals surface area contributed by atoms with Crippen LogP contribution in [0.25, 0.3) is 0 Å². The summed E-state index contributed by atoms with van der Waals surface area (Å²) in [5, 5.41) is 3.22. The van der Waals surface area contributed by atoms with Gasteiger partial charge in [-0.1, -0.05) is 31.5 Å². The molecule has 1 aromatic carbocycles. The van der Waals surface area contributed by atoms with Gasteiger partial charge in [0.15, 0.2) is 0 Å². The number of methoxy groups -OCH3 is 1. The van der Waals surface area contributed by atoms with Crippen molar-refractivity contribution in [1.82, 2.24) is 5.32 Å². The molecule has 1 aromatic rings. The van der Waals surface area contributed by atoms with Crippen LogP contribution in [0.5, 0.6) is 5.75 Å². The predicted molar refractivity (Wildman–Crippen MR) is 73.8 cm³/mol. The monoisotopic (exact) mass is 235 g/mol. The fraction of sp³-hybridized carbons (Fsp3) is 0.600. The smallest absolute Gasteiger partial charge is 0.122 e. The number of ether oxygens (including phenoxy) is 1. The first-order valence-electron chi connectivity index (χ1n) is 6.26. The Morgan fingerprint density at radius 3 is 2.59 bits per heavy atom. The van der Waals surface area contributed by atoms with Crippen LogP contribution in [0.4, 0.5) is 0 Å². The lowest BCUT2D eigenvalue weighted by Gasteiger charge is -2.25. The minimum Gasteiger partial charge on any atom is -0.496 e. The maximum absolute atomic E-state index is 5.44. The molecule has 0 bridgehead atoms. The highest BCUT2D eigenvalue weighted by atomic mass is 16.5.